The standard InChI is InChI=1S/C20H30N4O2.2ClH/c1-15-6-7-18(23-10-2-3-11-23)17(13-15)20(26)24-12-4-5-16(14-24)19(25)22-9-8-21;;/h6-7,13,16H,2-5,8-12,14,21H2,1H3,(H,22,25);2*1H. The normalized spacial score (nSPS) is 18.9. The van der Waals surface area contributed by atoms with Gasteiger partial charge in [0.25, 0.3) is 5.91 Å². The third kappa shape index (κ3) is 5.75. The predicted octanol–water partition coefficient (Wildman–Crippen LogP) is 2.37. The summed E-state index contributed by atoms with van der Waals surface area (Å²) >= 11 is 0. The third-order valence-corrected chi connectivity index (χ3v) is 5.35. The Hall–Kier alpha value is -1.50. The Bertz CT molecular complexity index is 666. The maximum Gasteiger partial charge on any atom is 0.255 e. The van der Waals surface area contributed by atoms with E-state index in [-0.39, 0.29) is 42.5 Å². The van der Waals surface area contributed by atoms with Gasteiger partial charge in [0.15, 0.2) is 0 Å². The highest BCUT2D eigenvalue weighted by Gasteiger charge is 2.30. The number of hydrogen-bond acceptors (Lipinski definition) is 4. The van der Waals surface area contributed by atoms with E-state index in [1.807, 2.05) is 17.9 Å². The highest BCUT2D eigenvalue weighted by molar-refractivity contribution is 6.00. The number of carbonyl (C=O) groups excluding carboxylic acids is 2. The van der Waals surface area contributed by atoms with Crippen molar-refractivity contribution in [2.24, 2.45) is 11.7 Å². The van der Waals surface area contributed by atoms with Gasteiger partial charge in [-0.1, -0.05) is 11.6 Å². The van der Waals surface area contributed by atoms with E-state index in [1.165, 1.54) is 12.8 Å². The van der Waals surface area contributed by atoms with Crippen LogP contribution in [0.3, 0.4) is 0 Å². The predicted molar refractivity (Wildman–Crippen MR) is 118 cm³/mol. The number of nitrogens with zero attached hydrogens (tertiary/aromatic N) is 2. The number of anilines is 1. The van der Waals surface area contributed by atoms with Crippen LogP contribution in [0.1, 0.15) is 41.6 Å². The van der Waals surface area contributed by atoms with E-state index in [0.29, 0.717) is 26.2 Å². The average molecular weight is 431 g/mol. The van der Waals surface area contributed by atoms with Gasteiger partial charge < -0.3 is 20.9 Å². The van der Waals surface area contributed by atoms with Gasteiger partial charge in [-0.2, -0.15) is 0 Å². The number of nitrogens with one attached hydrogen (secondary N) is 1. The van der Waals surface area contributed by atoms with Crippen LogP contribution in [0.5, 0.6) is 0 Å². The van der Waals surface area contributed by atoms with Crippen LogP contribution in [0.2, 0.25) is 0 Å². The van der Waals surface area contributed by atoms with Gasteiger partial charge in [0.2, 0.25) is 5.91 Å². The summed E-state index contributed by atoms with van der Waals surface area (Å²) in [6.07, 6.45) is 4.04. The Morgan fingerprint density at radius 3 is 2.54 bits per heavy atom. The molecule has 0 bridgehead atoms. The first-order valence-corrected chi connectivity index (χ1v) is 9.73. The maximum absolute atomic E-state index is 13.3. The molecule has 1 aromatic carbocycles. The summed E-state index contributed by atoms with van der Waals surface area (Å²) in [7, 11) is 0. The Morgan fingerprint density at radius 1 is 1.14 bits per heavy atom. The second-order valence-corrected chi connectivity index (χ2v) is 7.38. The summed E-state index contributed by atoms with van der Waals surface area (Å²) in [6, 6.07) is 6.14. The molecule has 6 nitrogen and oxygen atoms in total. The molecule has 158 valence electrons. The number of piperidine rings is 1. The molecule has 28 heavy (non-hydrogen) atoms. The first-order valence-electron chi connectivity index (χ1n) is 9.73. The van der Waals surface area contributed by atoms with Crippen molar-refractivity contribution in [1.29, 1.82) is 0 Å². The zero-order valence-corrected chi connectivity index (χ0v) is 18.1. The molecule has 2 amide bonds. The second-order valence-electron chi connectivity index (χ2n) is 7.38. The van der Waals surface area contributed by atoms with Crippen molar-refractivity contribution in [2.45, 2.75) is 32.6 Å². The molecule has 1 unspecified atom stereocenters. The molecule has 2 aliphatic heterocycles. The zero-order chi connectivity index (χ0) is 18.5. The van der Waals surface area contributed by atoms with Gasteiger partial charge in [0.1, 0.15) is 0 Å². The van der Waals surface area contributed by atoms with Crippen molar-refractivity contribution in [2.75, 3.05) is 44.2 Å². The molecule has 2 heterocycles. The smallest absolute Gasteiger partial charge is 0.255 e. The second kappa shape index (κ2) is 11.5. The molecule has 2 fully saturated rings. The number of halogens is 2. The minimum absolute atomic E-state index is 0. The molecule has 0 aromatic heterocycles. The van der Waals surface area contributed by atoms with Crippen molar-refractivity contribution in [3.8, 4) is 0 Å². The van der Waals surface area contributed by atoms with Gasteiger partial charge in [-0.15, -0.1) is 24.8 Å². The highest BCUT2D eigenvalue weighted by Crippen LogP contribution is 2.28. The van der Waals surface area contributed by atoms with Gasteiger partial charge in [-0.05, 0) is 44.7 Å². The third-order valence-electron chi connectivity index (χ3n) is 5.35. The Kier molecular flexibility index (Phi) is 10.1. The number of hydrogen-bond donors (Lipinski definition) is 2. The molecule has 0 aliphatic carbocycles. The molecule has 1 atom stereocenters. The Balaban J connectivity index is 0.00000196. The van der Waals surface area contributed by atoms with Crippen LogP contribution in [0.4, 0.5) is 5.69 Å². The van der Waals surface area contributed by atoms with Crippen LogP contribution < -0.4 is 16.0 Å². The van der Waals surface area contributed by atoms with Crippen LogP contribution in [0.25, 0.3) is 0 Å². The number of nitrogens with two attached hydrogens (primary N) is 1. The van der Waals surface area contributed by atoms with Crippen molar-refractivity contribution >= 4 is 42.3 Å². The number of benzene rings is 1. The van der Waals surface area contributed by atoms with Gasteiger partial charge in [0, 0.05) is 45.0 Å². The summed E-state index contributed by atoms with van der Waals surface area (Å²) in [5.41, 5.74) is 8.36. The van der Waals surface area contributed by atoms with Crippen LogP contribution in [0.15, 0.2) is 18.2 Å². The molecule has 8 heteroatoms. The molecule has 3 N–H and O–H groups in total. The molecule has 1 aromatic rings. The van der Waals surface area contributed by atoms with Crippen LogP contribution in [-0.2, 0) is 4.79 Å². The van der Waals surface area contributed by atoms with Gasteiger partial charge in [0.05, 0.1) is 11.5 Å². The number of amides is 2. The summed E-state index contributed by atoms with van der Waals surface area (Å²) in [5.74, 6) is -0.0804. The van der Waals surface area contributed by atoms with Crippen molar-refractivity contribution < 1.29 is 9.59 Å². The molecular weight excluding hydrogens is 399 g/mol. The molecule has 0 spiro atoms. The van der Waals surface area contributed by atoms with E-state index in [1.54, 1.807) is 0 Å². The van der Waals surface area contributed by atoms with Gasteiger partial charge in [-0.3, -0.25) is 9.59 Å². The van der Waals surface area contributed by atoms with Crippen molar-refractivity contribution in [1.82, 2.24) is 10.2 Å². The first kappa shape index (κ1) is 24.5. The maximum atomic E-state index is 13.3. The number of rotatable bonds is 5. The van der Waals surface area contributed by atoms with Gasteiger partial charge >= 0.3 is 0 Å². The molecule has 0 radical (unpaired) electrons. The summed E-state index contributed by atoms with van der Waals surface area (Å²) in [4.78, 5) is 29.7. The lowest BCUT2D eigenvalue weighted by molar-refractivity contribution is -0.126. The van der Waals surface area contributed by atoms with Crippen LogP contribution >= 0.6 is 24.8 Å². The van der Waals surface area contributed by atoms with Crippen molar-refractivity contribution in [3.63, 3.8) is 0 Å². The fourth-order valence-corrected chi connectivity index (χ4v) is 3.94. The zero-order valence-electron chi connectivity index (χ0n) is 16.5. The van der Waals surface area contributed by atoms with E-state index in [0.717, 1.165) is 42.7 Å². The molecule has 2 aliphatic rings. The topological polar surface area (TPSA) is 78.7 Å². The number of carbonyl (C=O) groups is 2. The van der Waals surface area contributed by atoms with Crippen LogP contribution in [-0.4, -0.2) is 56.0 Å². The monoisotopic (exact) mass is 430 g/mol. The quantitative estimate of drug-likeness (QED) is 0.751. The summed E-state index contributed by atoms with van der Waals surface area (Å²) in [6.45, 7) is 6.16. The van der Waals surface area contributed by atoms with Crippen LogP contribution in [0, 0.1) is 12.8 Å². The molecule has 2 saturated heterocycles. The minimum Gasteiger partial charge on any atom is -0.371 e. The SMILES string of the molecule is Cc1ccc(N2CCCC2)c(C(=O)N2CCCC(C(=O)NCCN)C2)c1.Cl.Cl. The largest absolute Gasteiger partial charge is 0.371 e. The highest BCUT2D eigenvalue weighted by atomic mass is 35.5. The van der Waals surface area contributed by atoms with E-state index in [9.17, 15) is 9.59 Å². The fourth-order valence-electron chi connectivity index (χ4n) is 3.94. The Morgan fingerprint density at radius 2 is 1.86 bits per heavy atom. The molecule has 0 saturated carbocycles. The number of aryl methyl sites for hydroxylation is 1. The first-order chi connectivity index (χ1) is 12.6. The van der Waals surface area contributed by atoms with Crippen molar-refractivity contribution in [3.05, 3.63) is 29.3 Å². The van der Waals surface area contributed by atoms with Gasteiger partial charge in [-0.25, -0.2) is 0 Å². The lowest BCUT2D eigenvalue weighted by atomic mass is 9.96. The Labute approximate surface area is 180 Å². The lowest BCUT2D eigenvalue weighted by Gasteiger charge is -2.33. The molecule has 3 rings (SSSR count). The minimum atomic E-state index is -0.140. The van der Waals surface area contributed by atoms with E-state index >= 15 is 0 Å². The molecular formula is C20H32Cl2N4O2. The summed E-state index contributed by atoms with van der Waals surface area (Å²) in [5, 5.41) is 2.86. The fraction of sp³-hybridized carbons (Fsp3) is 0.600. The average Bonchev–Trinajstić information content (AvgIpc) is 3.20. The lowest BCUT2D eigenvalue weighted by Crippen LogP contribution is -2.46. The van der Waals surface area contributed by atoms with E-state index in [2.05, 4.69) is 22.3 Å². The number of likely N-dealkylation sites (tertiary alicyclic amines) is 1. The summed E-state index contributed by atoms with van der Waals surface area (Å²) < 4.78 is 0. The van der Waals surface area contributed by atoms with E-state index in [4.69, 9.17) is 5.73 Å². The van der Waals surface area contributed by atoms with E-state index < -0.39 is 0 Å².